The molecular weight excluding hydrogens is 240 g/mol. The van der Waals surface area contributed by atoms with Crippen LogP contribution in [-0.2, 0) is 0 Å². The van der Waals surface area contributed by atoms with Crippen molar-refractivity contribution in [3.8, 4) is 0 Å². The first-order valence-electron chi connectivity index (χ1n) is 7.06. The van der Waals surface area contributed by atoms with Crippen LogP contribution in [0.5, 0.6) is 0 Å². The van der Waals surface area contributed by atoms with E-state index in [4.69, 9.17) is 0 Å². The molecule has 0 aromatic carbocycles. The number of amides is 1. The first-order valence-corrected chi connectivity index (χ1v) is 7.06. The molecule has 1 aromatic rings. The fraction of sp³-hybridized carbons (Fsp3) is 0.643. The predicted molar refractivity (Wildman–Crippen MR) is 75.3 cm³/mol. The predicted octanol–water partition coefficient (Wildman–Crippen LogP) is 1.95. The number of aromatic nitrogens is 2. The first kappa shape index (κ1) is 13.8. The quantitative estimate of drug-likeness (QED) is 0.814. The van der Waals surface area contributed by atoms with Gasteiger partial charge in [0.1, 0.15) is 0 Å². The average Bonchev–Trinajstić information content (AvgIpc) is 2.98. The van der Waals surface area contributed by atoms with Gasteiger partial charge >= 0.3 is 0 Å². The van der Waals surface area contributed by atoms with E-state index < -0.39 is 0 Å². The molecule has 2 heterocycles. The zero-order valence-corrected chi connectivity index (χ0v) is 11.8. The maximum Gasteiger partial charge on any atom is 0.274 e. The minimum Gasteiger partial charge on any atom is -0.358 e. The van der Waals surface area contributed by atoms with Crippen molar-refractivity contribution in [2.75, 3.05) is 31.6 Å². The van der Waals surface area contributed by atoms with Gasteiger partial charge in [-0.15, -0.1) is 10.2 Å². The Morgan fingerprint density at radius 1 is 1.32 bits per heavy atom. The van der Waals surface area contributed by atoms with Crippen LogP contribution in [0.25, 0.3) is 0 Å². The van der Waals surface area contributed by atoms with Gasteiger partial charge in [-0.1, -0.05) is 13.3 Å². The van der Waals surface area contributed by atoms with Gasteiger partial charge < -0.3 is 9.80 Å². The lowest BCUT2D eigenvalue weighted by Crippen LogP contribution is -2.29. The second-order valence-electron chi connectivity index (χ2n) is 5.05. The molecule has 1 aliphatic heterocycles. The van der Waals surface area contributed by atoms with Crippen LogP contribution in [0, 0.1) is 0 Å². The fourth-order valence-corrected chi connectivity index (χ4v) is 2.23. The number of likely N-dealkylation sites (tertiary alicyclic amines) is 1. The molecule has 1 aliphatic rings. The Balaban J connectivity index is 1.99. The maximum atomic E-state index is 12.1. The zero-order chi connectivity index (χ0) is 13.7. The number of unbranched alkanes of at least 4 members (excludes halogenated alkanes) is 1. The van der Waals surface area contributed by atoms with Crippen molar-refractivity contribution in [2.24, 2.45) is 0 Å². The third-order valence-electron chi connectivity index (χ3n) is 3.50. The Labute approximate surface area is 114 Å². The Bertz CT molecular complexity index is 412. The van der Waals surface area contributed by atoms with E-state index in [2.05, 4.69) is 22.0 Å². The Morgan fingerprint density at radius 2 is 2.05 bits per heavy atom. The van der Waals surface area contributed by atoms with Gasteiger partial charge in [-0.25, -0.2) is 0 Å². The molecule has 0 bridgehead atoms. The van der Waals surface area contributed by atoms with Crippen LogP contribution < -0.4 is 4.90 Å². The van der Waals surface area contributed by atoms with Crippen molar-refractivity contribution in [3.05, 3.63) is 17.8 Å². The zero-order valence-electron chi connectivity index (χ0n) is 11.8. The molecule has 5 nitrogen and oxygen atoms in total. The van der Waals surface area contributed by atoms with Gasteiger partial charge in [0.05, 0.1) is 0 Å². The molecule has 19 heavy (non-hydrogen) atoms. The molecule has 1 amide bonds. The average molecular weight is 262 g/mol. The normalized spacial score (nSPS) is 14.7. The number of rotatable bonds is 5. The van der Waals surface area contributed by atoms with Gasteiger partial charge in [-0.3, -0.25) is 4.79 Å². The molecule has 1 saturated heterocycles. The van der Waals surface area contributed by atoms with Crippen molar-refractivity contribution >= 4 is 11.7 Å². The molecule has 0 spiro atoms. The maximum absolute atomic E-state index is 12.1. The van der Waals surface area contributed by atoms with Gasteiger partial charge in [0, 0.05) is 26.7 Å². The van der Waals surface area contributed by atoms with Crippen LogP contribution in [0.3, 0.4) is 0 Å². The number of hydrogen-bond acceptors (Lipinski definition) is 4. The highest BCUT2D eigenvalue weighted by atomic mass is 16.2. The smallest absolute Gasteiger partial charge is 0.274 e. The van der Waals surface area contributed by atoms with E-state index in [1.54, 1.807) is 6.07 Å². The minimum absolute atomic E-state index is 0.00719. The molecule has 0 saturated carbocycles. The Kier molecular flexibility index (Phi) is 4.71. The lowest BCUT2D eigenvalue weighted by Gasteiger charge is -2.18. The summed E-state index contributed by atoms with van der Waals surface area (Å²) in [5, 5.41) is 8.22. The van der Waals surface area contributed by atoms with Crippen molar-refractivity contribution in [1.29, 1.82) is 0 Å². The largest absolute Gasteiger partial charge is 0.358 e. The fourth-order valence-electron chi connectivity index (χ4n) is 2.23. The standard InChI is InChI=1S/C14H22N4O/c1-3-4-9-17(2)13-8-7-12(15-16-13)14(19)18-10-5-6-11-18/h7-8H,3-6,9-11H2,1-2H3. The second kappa shape index (κ2) is 6.50. The molecular formula is C14H22N4O. The summed E-state index contributed by atoms with van der Waals surface area (Å²) in [5.41, 5.74) is 0.453. The van der Waals surface area contributed by atoms with Crippen molar-refractivity contribution in [2.45, 2.75) is 32.6 Å². The molecule has 5 heteroatoms. The molecule has 2 rings (SSSR count). The monoisotopic (exact) mass is 262 g/mol. The molecule has 0 unspecified atom stereocenters. The highest BCUT2D eigenvalue weighted by Gasteiger charge is 2.20. The van der Waals surface area contributed by atoms with Gasteiger partial charge in [0.25, 0.3) is 5.91 Å². The summed E-state index contributed by atoms with van der Waals surface area (Å²) >= 11 is 0. The van der Waals surface area contributed by atoms with E-state index in [1.807, 2.05) is 18.0 Å². The number of anilines is 1. The van der Waals surface area contributed by atoms with Crippen molar-refractivity contribution in [3.63, 3.8) is 0 Å². The third kappa shape index (κ3) is 3.43. The highest BCUT2D eigenvalue weighted by molar-refractivity contribution is 5.92. The summed E-state index contributed by atoms with van der Waals surface area (Å²) in [6, 6.07) is 3.66. The van der Waals surface area contributed by atoms with E-state index in [9.17, 15) is 4.79 Å². The van der Waals surface area contributed by atoms with Crippen LogP contribution in [0.1, 0.15) is 43.1 Å². The third-order valence-corrected chi connectivity index (χ3v) is 3.50. The molecule has 0 atom stereocenters. The van der Waals surface area contributed by atoms with Crippen LogP contribution >= 0.6 is 0 Å². The van der Waals surface area contributed by atoms with Gasteiger partial charge in [0.15, 0.2) is 11.5 Å². The SMILES string of the molecule is CCCCN(C)c1ccc(C(=O)N2CCCC2)nn1. The van der Waals surface area contributed by atoms with E-state index >= 15 is 0 Å². The topological polar surface area (TPSA) is 49.3 Å². The molecule has 1 fully saturated rings. The number of hydrogen-bond donors (Lipinski definition) is 0. The highest BCUT2D eigenvalue weighted by Crippen LogP contribution is 2.13. The summed E-state index contributed by atoms with van der Waals surface area (Å²) in [6.45, 7) is 4.82. The number of carbonyl (C=O) groups is 1. The number of nitrogens with zero attached hydrogens (tertiary/aromatic N) is 4. The Hall–Kier alpha value is -1.65. The molecule has 104 valence electrons. The van der Waals surface area contributed by atoms with Gasteiger partial charge in [-0.05, 0) is 31.4 Å². The van der Waals surface area contributed by atoms with Crippen LogP contribution in [0.2, 0.25) is 0 Å². The molecule has 0 aliphatic carbocycles. The number of carbonyl (C=O) groups excluding carboxylic acids is 1. The summed E-state index contributed by atoms with van der Waals surface area (Å²) in [5.74, 6) is 0.833. The van der Waals surface area contributed by atoms with Gasteiger partial charge in [0.2, 0.25) is 0 Å². The van der Waals surface area contributed by atoms with Crippen molar-refractivity contribution < 1.29 is 4.79 Å². The van der Waals surface area contributed by atoms with Crippen LogP contribution in [-0.4, -0.2) is 47.7 Å². The molecule has 0 N–H and O–H groups in total. The van der Waals surface area contributed by atoms with E-state index in [-0.39, 0.29) is 5.91 Å². The summed E-state index contributed by atoms with van der Waals surface area (Å²) in [6.07, 6.45) is 4.48. The minimum atomic E-state index is 0.00719. The lowest BCUT2D eigenvalue weighted by molar-refractivity contribution is 0.0786. The van der Waals surface area contributed by atoms with E-state index in [0.717, 1.165) is 51.1 Å². The van der Waals surface area contributed by atoms with Gasteiger partial charge in [-0.2, -0.15) is 0 Å². The van der Waals surface area contributed by atoms with E-state index in [1.165, 1.54) is 0 Å². The Morgan fingerprint density at radius 3 is 2.63 bits per heavy atom. The summed E-state index contributed by atoms with van der Waals surface area (Å²) in [4.78, 5) is 16.0. The molecule has 1 aromatic heterocycles. The van der Waals surface area contributed by atoms with Crippen molar-refractivity contribution in [1.82, 2.24) is 15.1 Å². The summed E-state index contributed by atoms with van der Waals surface area (Å²) in [7, 11) is 2.00. The summed E-state index contributed by atoms with van der Waals surface area (Å²) < 4.78 is 0. The van der Waals surface area contributed by atoms with Crippen LogP contribution in [0.15, 0.2) is 12.1 Å². The second-order valence-corrected chi connectivity index (χ2v) is 5.05. The van der Waals surface area contributed by atoms with E-state index in [0.29, 0.717) is 5.69 Å². The molecule has 0 radical (unpaired) electrons. The van der Waals surface area contributed by atoms with Crippen LogP contribution in [0.4, 0.5) is 5.82 Å². The lowest BCUT2D eigenvalue weighted by atomic mass is 10.3. The first-order chi connectivity index (χ1) is 9.22.